The summed E-state index contributed by atoms with van der Waals surface area (Å²) in [5.74, 6) is 0.562. The molecule has 1 atom stereocenters. The standard InChI is InChI=1S/C18H20N4O2/c1-11(20-9-14-6-15(8-19)22(3)12(14)2)13-4-5-17-16(7-13)21-18(23)10-24-17/h4-7,11,20H,9-10H2,1-3H3,(H,21,23)/t11-/m0/s1. The summed E-state index contributed by atoms with van der Waals surface area (Å²) in [5.41, 5.74) is 4.62. The first-order valence-electron chi connectivity index (χ1n) is 7.85. The Morgan fingerprint density at radius 1 is 1.46 bits per heavy atom. The Labute approximate surface area is 141 Å². The Morgan fingerprint density at radius 3 is 2.96 bits per heavy atom. The van der Waals surface area contributed by atoms with Crippen LogP contribution in [0.3, 0.4) is 0 Å². The first-order valence-corrected chi connectivity index (χ1v) is 7.85. The van der Waals surface area contributed by atoms with Crippen LogP contribution in [0.25, 0.3) is 0 Å². The van der Waals surface area contributed by atoms with E-state index < -0.39 is 0 Å². The van der Waals surface area contributed by atoms with Crippen LogP contribution in [0.15, 0.2) is 24.3 Å². The minimum absolute atomic E-state index is 0.0641. The molecule has 6 nitrogen and oxygen atoms in total. The number of hydrogen-bond donors (Lipinski definition) is 2. The van der Waals surface area contributed by atoms with E-state index in [-0.39, 0.29) is 18.6 Å². The molecule has 3 rings (SSSR count). The number of nitrogens with zero attached hydrogens (tertiary/aromatic N) is 2. The van der Waals surface area contributed by atoms with Gasteiger partial charge in [0.1, 0.15) is 17.5 Å². The third-order valence-electron chi connectivity index (χ3n) is 4.49. The number of carbonyl (C=O) groups is 1. The van der Waals surface area contributed by atoms with Crippen molar-refractivity contribution >= 4 is 11.6 Å². The Kier molecular flexibility index (Phi) is 4.28. The Balaban J connectivity index is 1.72. The van der Waals surface area contributed by atoms with Crippen LogP contribution < -0.4 is 15.4 Å². The fourth-order valence-corrected chi connectivity index (χ4v) is 2.80. The van der Waals surface area contributed by atoms with E-state index in [2.05, 4.69) is 23.6 Å². The molecule has 0 spiro atoms. The predicted molar refractivity (Wildman–Crippen MR) is 90.7 cm³/mol. The Morgan fingerprint density at radius 2 is 2.25 bits per heavy atom. The maximum absolute atomic E-state index is 11.4. The van der Waals surface area contributed by atoms with E-state index in [4.69, 9.17) is 10.00 Å². The van der Waals surface area contributed by atoms with Gasteiger partial charge in [0.05, 0.1) is 5.69 Å². The van der Waals surface area contributed by atoms with E-state index in [0.29, 0.717) is 23.7 Å². The summed E-state index contributed by atoms with van der Waals surface area (Å²) in [6.07, 6.45) is 0. The summed E-state index contributed by atoms with van der Waals surface area (Å²) in [4.78, 5) is 11.4. The van der Waals surface area contributed by atoms with Crippen LogP contribution in [-0.4, -0.2) is 17.1 Å². The third-order valence-corrected chi connectivity index (χ3v) is 4.49. The molecule has 0 saturated carbocycles. The second-order valence-corrected chi connectivity index (χ2v) is 6.01. The van der Waals surface area contributed by atoms with E-state index in [1.165, 1.54) is 0 Å². The first kappa shape index (κ1) is 16.1. The van der Waals surface area contributed by atoms with Crippen molar-refractivity contribution in [1.82, 2.24) is 9.88 Å². The molecular weight excluding hydrogens is 304 g/mol. The monoisotopic (exact) mass is 324 g/mol. The number of rotatable bonds is 4. The average molecular weight is 324 g/mol. The molecule has 0 unspecified atom stereocenters. The summed E-state index contributed by atoms with van der Waals surface area (Å²) in [7, 11) is 1.90. The Hall–Kier alpha value is -2.78. The number of carbonyl (C=O) groups excluding carboxylic acids is 1. The molecule has 0 fully saturated rings. The highest BCUT2D eigenvalue weighted by Crippen LogP contribution is 2.30. The van der Waals surface area contributed by atoms with Gasteiger partial charge in [0.2, 0.25) is 0 Å². The Bertz CT molecular complexity index is 832. The maximum atomic E-state index is 11.4. The fraction of sp³-hybridized carbons (Fsp3) is 0.333. The quantitative estimate of drug-likeness (QED) is 0.905. The average Bonchev–Trinajstić information content (AvgIpc) is 2.86. The zero-order chi connectivity index (χ0) is 17.3. The normalized spacial score (nSPS) is 14.3. The van der Waals surface area contributed by atoms with Gasteiger partial charge >= 0.3 is 0 Å². The van der Waals surface area contributed by atoms with Crippen molar-refractivity contribution in [2.75, 3.05) is 11.9 Å². The molecule has 0 saturated heterocycles. The van der Waals surface area contributed by atoms with Gasteiger partial charge in [-0.1, -0.05) is 6.07 Å². The number of fused-ring (bicyclic) bond motifs is 1. The van der Waals surface area contributed by atoms with Gasteiger partial charge in [-0.25, -0.2) is 0 Å². The lowest BCUT2D eigenvalue weighted by Crippen LogP contribution is -2.26. The summed E-state index contributed by atoms with van der Waals surface area (Å²) in [6, 6.07) is 10.0. The van der Waals surface area contributed by atoms with Gasteiger partial charge in [-0.05, 0) is 43.2 Å². The van der Waals surface area contributed by atoms with Crippen LogP contribution in [0.2, 0.25) is 0 Å². The highest BCUT2D eigenvalue weighted by Gasteiger charge is 2.17. The van der Waals surface area contributed by atoms with Gasteiger partial charge < -0.3 is 19.9 Å². The van der Waals surface area contributed by atoms with Crippen molar-refractivity contribution in [1.29, 1.82) is 5.26 Å². The molecule has 0 radical (unpaired) electrons. The number of aromatic nitrogens is 1. The highest BCUT2D eigenvalue weighted by molar-refractivity contribution is 5.95. The molecule has 1 aliphatic rings. The van der Waals surface area contributed by atoms with Crippen LogP contribution in [0.1, 0.15) is 35.5 Å². The molecule has 1 aliphatic heterocycles. The molecular formula is C18H20N4O2. The number of nitrogens with one attached hydrogen (secondary N) is 2. The highest BCUT2D eigenvalue weighted by atomic mass is 16.5. The fourth-order valence-electron chi connectivity index (χ4n) is 2.80. The van der Waals surface area contributed by atoms with Crippen molar-refractivity contribution in [2.45, 2.75) is 26.4 Å². The van der Waals surface area contributed by atoms with Crippen LogP contribution in [-0.2, 0) is 18.4 Å². The number of nitriles is 1. The largest absolute Gasteiger partial charge is 0.482 e. The smallest absolute Gasteiger partial charge is 0.262 e. The van der Waals surface area contributed by atoms with Gasteiger partial charge in [0.25, 0.3) is 5.91 Å². The molecule has 1 amide bonds. The molecule has 1 aromatic carbocycles. The summed E-state index contributed by atoms with van der Waals surface area (Å²) in [6.45, 7) is 4.81. The molecule has 124 valence electrons. The van der Waals surface area contributed by atoms with Crippen molar-refractivity contribution in [3.8, 4) is 11.8 Å². The van der Waals surface area contributed by atoms with Crippen molar-refractivity contribution < 1.29 is 9.53 Å². The SMILES string of the molecule is Cc1c(CN[C@@H](C)c2ccc3c(c2)NC(=O)CO3)cc(C#N)n1C. The van der Waals surface area contributed by atoms with E-state index >= 15 is 0 Å². The molecule has 2 N–H and O–H groups in total. The lowest BCUT2D eigenvalue weighted by atomic mass is 10.1. The number of amides is 1. The molecule has 1 aromatic heterocycles. The molecule has 2 heterocycles. The van der Waals surface area contributed by atoms with E-state index in [9.17, 15) is 4.79 Å². The second kappa shape index (κ2) is 6.38. The summed E-state index contributed by atoms with van der Waals surface area (Å²) in [5, 5.41) is 15.4. The van der Waals surface area contributed by atoms with E-state index in [1.54, 1.807) is 0 Å². The molecule has 6 heteroatoms. The van der Waals surface area contributed by atoms with Crippen LogP contribution in [0.5, 0.6) is 5.75 Å². The minimum Gasteiger partial charge on any atom is -0.482 e. The van der Waals surface area contributed by atoms with Gasteiger partial charge in [-0.2, -0.15) is 5.26 Å². The molecule has 0 aliphatic carbocycles. The van der Waals surface area contributed by atoms with Gasteiger partial charge in [0, 0.05) is 25.3 Å². The van der Waals surface area contributed by atoms with Crippen molar-refractivity contribution in [2.24, 2.45) is 7.05 Å². The second-order valence-electron chi connectivity index (χ2n) is 6.01. The third kappa shape index (κ3) is 2.99. The van der Waals surface area contributed by atoms with Gasteiger partial charge in [-0.3, -0.25) is 4.79 Å². The van der Waals surface area contributed by atoms with Crippen LogP contribution >= 0.6 is 0 Å². The topological polar surface area (TPSA) is 79.1 Å². The zero-order valence-corrected chi connectivity index (χ0v) is 14.0. The maximum Gasteiger partial charge on any atom is 0.262 e. The van der Waals surface area contributed by atoms with E-state index in [0.717, 1.165) is 16.8 Å². The predicted octanol–water partition coefficient (Wildman–Crippen LogP) is 2.39. The molecule has 24 heavy (non-hydrogen) atoms. The zero-order valence-electron chi connectivity index (χ0n) is 14.0. The number of anilines is 1. The lowest BCUT2D eigenvalue weighted by molar-refractivity contribution is -0.118. The van der Waals surface area contributed by atoms with Crippen molar-refractivity contribution in [3.05, 3.63) is 46.8 Å². The van der Waals surface area contributed by atoms with Crippen LogP contribution in [0.4, 0.5) is 5.69 Å². The number of benzene rings is 1. The van der Waals surface area contributed by atoms with Gasteiger partial charge in [0.15, 0.2) is 6.61 Å². The van der Waals surface area contributed by atoms with Crippen molar-refractivity contribution in [3.63, 3.8) is 0 Å². The summed E-state index contributed by atoms with van der Waals surface area (Å²) < 4.78 is 7.27. The number of hydrogen-bond acceptors (Lipinski definition) is 4. The summed E-state index contributed by atoms with van der Waals surface area (Å²) >= 11 is 0. The molecule has 0 bridgehead atoms. The van der Waals surface area contributed by atoms with Crippen LogP contribution in [0, 0.1) is 18.3 Å². The van der Waals surface area contributed by atoms with E-state index in [1.807, 2.05) is 42.8 Å². The number of ether oxygens (including phenoxy) is 1. The van der Waals surface area contributed by atoms with Gasteiger partial charge in [-0.15, -0.1) is 0 Å². The lowest BCUT2D eigenvalue weighted by Gasteiger charge is -2.21. The first-order chi connectivity index (χ1) is 11.5. The molecule has 2 aromatic rings. The minimum atomic E-state index is -0.135.